The van der Waals surface area contributed by atoms with E-state index in [1.807, 2.05) is 0 Å². The van der Waals surface area contributed by atoms with Crippen molar-refractivity contribution < 1.29 is 8.78 Å². The molecule has 2 unspecified atom stereocenters. The van der Waals surface area contributed by atoms with E-state index in [4.69, 9.17) is 0 Å². The van der Waals surface area contributed by atoms with E-state index in [9.17, 15) is 0 Å². The van der Waals surface area contributed by atoms with Crippen LogP contribution < -0.4 is 11.1 Å². The number of pyridine rings is 1. The van der Waals surface area contributed by atoms with Gasteiger partial charge in [-0.05, 0) is 33.6 Å². The van der Waals surface area contributed by atoms with Gasteiger partial charge in [0.05, 0.1) is 12.5 Å². The second-order valence-electron chi connectivity index (χ2n) is 5.07. The molecule has 134 valence electrons. The van der Waals surface area contributed by atoms with Crippen LogP contribution in [0.1, 0.15) is 17.2 Å². The van der Waals surface area contributed by atoms with Crippen LogP contribution in [0.2, 0.25) is 0 Å². The highest BCUT2D eigenvalue weighted by molar-refractivity contribution is 9.10. The molecule has 5 nitrogen and oxygen atoms in total. The minimum atomic E-state index is -3.14. The van der Waals surface area contributed by atoms with E-state index >= 15 is 8.78 Å². The smallest absolute Gasteiger partial charge is 0.277 e. The molecule has 3 rings (SSSR count). The summed E-state index contributed by atoms with van der Waals surface area (Å²) in [5, 5.41) is 5.23. The Kier molecular flexibility index (Phi) is 7.56. The average molecular weight is 448 g/mol. The van der Waals surface area contributed by atoms with Crippen LogP contribution in [-0.4, -0.2) is 22.9 Å². The van der Waals surface area contributed by atoms with Crippen LogP contribution in [0.25, 0.3) is 0 Å². The molecule has 2 N–H and O–H groups in total. The predicted octanol–water partition coefficient (Wildman–Crippen LogP) is 3.69. The van der Waals surface area contributed by atoms with Crippen LogP contribution in [-0.2, 0) is 5.92 Å². The van der Waals surface area contributed by atoms with Gasteiger partial charge < -0.3 is 0 Å². The van der Waals surface area contributed by atoms with Crippen molar-refractivity contribution in [2.45, 2.75) is 11.8 Å². The van der Waals surface area contributed by atoms with Crippen molar-refractivity contribution in [2.75, 3.05) is 6.54 Å². The third kappa shape index (κ3) is 5.10. The number of nitrogens with one attached hydrogen (secondary N) is 2. The first-order valence-corrected chi connectivity index (χ1v) is 10.0. The van der Waals surface area contributed by atoms with E-state index in [1.165, 1.54) is 23.6 Å². The van der Waals surface area contributed by atoms with Crippen molar-refractivity contribution in [2.24, 2.45) is 5.10 Å². The second-order valence-corrected chi connectivity index (χ2v) is 5.98. The minimum Gasteiger partial charge on any atom is -0.277 e. The van der Waals surface area contributed by atoms with Gasteiger partial charge >= 0.3 is 0 Å². The second kappa shape index (κ2) is 9.43. The number of hydrazone groups is 1. The van der Waals surface area contributed by atoms with Gasteiger partial charge in [0.15, 0.2) is 0 Å². The first-order valence-electron chi connectivity index (χ1n) is 7.18. The summed E-state index contributed by atoms with van der Waals surface area (Å²) in [5.74, 6) is -4.23. The molecule has 0 saturated heterocycles. The first kappa shape index (κ1) is 20.0. The molecule has 2 atom stereocenters. The Morgan fingerprint density at radius 2 is 1.92 bits per heavy atom. The maximum atomic E-state index is 15.1. The molecule has 0 radical (unpaired) electrons. The zero-order valence-electron chi connectivity index (χ0n) is 13.0. The fourth-order valence-electron chi connectivity index (χ4n) is 2.38. The summed E-state index contributed by atoms with van der Waals surface area (Å²) >= 11 is 6.66. The molecule has 1 aliphatic rings. The van der Waals surface area contributed by atoms with E-state index < -0.39 is 11.8 Å². The lowest BCUT2D eigenvalue weighted by Gasteiger charge is -2.29. The topological polar surface area (TPSA) is 52.6 Å². The van der Waals surface area contributed by atoms with Crippen LogP contribution in [0.5, 0.6) is 0 Å². The van der Waals surface area contributed by atoms with Gasteiger partial charge in [-0.2, -0.15) is 26.1 Å². The number of hydrogen-bond donors (Lipinski definition) is 3. The summed E-state index contributed by atoms with van der Waals surface area (Å²) in [6.45, 7) is 0.0330. The number of alkyl halides is 2. The average Bonchev–Trinajstić information content (AvgIpc) is 3.16. The summed E-state index contributed by atoms with van der Waals surface area (Å²) in [4.78, 5) is 3.89. The van der Waals surface area contributed by atoms with Gasteiger partial charge in [0.2, 0.25) is 0 Å². The highest BCUT2D eigenvalue weighted by atomic mass is 79.9. The molecule has 0 amide bonds. The van der Waals surface area contributed by atoms with E-state index in [2.05, 4.69) is 57.8 Å². The van der Waals surface area contributed by atoms with Gasteiger partial charge in [-0.1, -0.05) is 38.8 Å². The molecule has 1 aromatic heterocycles. The molecule has 10 heteroatoms. The van der Waals surface area contributed by atoms with E-state index in [0.29, 0.717) is 10.0 Å². The molecular weight excluding hydrogens is 431 g/mol. The monoisotopic (exact) mass is 447 g/mol. The van der Waals surface area contributed by atoms with E-state index in [-0.39, 0.29) is 12.2 Å². The molecule has 2 heterocycles. The summed E-state index contributed by atoms with van der Waals surface area (Å²) in [5.41, 5.74) is 5.46. The largest absolute Gasteiger partial charge is 0.298 e. The molecule has 25 heavy (non-hydrogen) atoms. The maximum Gasteiger partial charge on any atom is 0.298 e. The molecule has 1 aliphatic heterocycles. The maximum absolute atomic E-state index is 15.1. The summed E-state index contributed by atoms with van der Waals surface area (Å²) in [6.07, 6.45) is 2.81. The highest BCUT2D eigenvalue weighted by Gasteiger charge is 2.44. The lowest BCUT2D eigenvalue weighted by Crippen LogP contribution is -2.43. The Hall–Kier alpha value is -1.28. The Labute approximate surface area is 160 Å². The van der Waals surface area contributed by atoms with E-state index in [1.54, 1.807) is 36.4 Å². The number of benzene rings is 1. The van der Waals surface area contributed by atoms with Crippen molar-refractivity contribution in [1.82, 2.24) is 21.1 Å². The lowest BCUT2D eigenvalue weighted by molar-refractivity contribution is -0.0457. The Bertz CT molecular complexity index is 690. The van der Waals surface area contributed by atoms with Crippen LogP contribution in [0.4, 0.5) is 8.78 Å². The van der Waals surface area contributed by atoms with Crippen LogP contribution in [0.15, 0.2) is 58.2 Å². The number of aromatic nitrogens is 1. The van der Waals surface area contributed by atoms with E-state index in [0.717, 1.165) is 0 Å². The number of halogens is 3. The quantitative estimate of drug-likeness (QED) is 0.483. The van der Waals surface area contributed by atoms with Crippen LogP contribution in [0.3, 0.4) is 0 Å². The zero-order chi connectivity index (χ0) is 18.3. The first-order chi connectivity index (χ1) is 12.1. The summed E-state index contributed by atoms with van der Waals surface area (Å²) in [7, 11) is 2.11. The van der Waals surface area contributed by atoms with Crippen molar-refractivity contribution in [1.29, 1.82) is 0 Å². The van der Waals surface area contributed by atoms with Gasteiger partial charge in [-0.25, -0.2) is 5.53 Å². The Balaban J connectivity index is 0.00000109. The summed E-state index contributed by atoms with van der Waals surface area (Å²) < 4.78 is 30.8. The third-order valence-corrected chi connectivity index (χ3v) is 4.01. The van der Waals surface area contributed by atoms with Crippen molar-refractivity contribution in [3.05, 3.63) is 64.4 Å². The van der Waals surface area contributed by atoms with Gasteiger partial charge in [-0.15, -0.1) is 5.53 Å². The Morgan fingerprint density at radius 1 is 1.20 bits per heavy atom. The fourth-order valence-corrected chi connectivity index (χ4v) is 2.61. The Morgan fingerprint density at radius 3 is 2.48 bits per heavy atom. The normalized spacial score (nSPS) is 14.5. The molecule has 0 spiro atoms. The minimum absolute atomic E-state index is 0.0330. The van der Waals surface area contributed by atoms with Crippen LogP contribution >= 0.6 is 36.6 Å². The zero-order valence-corrected chi connectivity index (χ0v) is 16.6. The van der Waals surface area contributed by atoms with Gasteiger partial charge in [0, 0.05) is 10.7 Å². The molecule has 0 saturated carbocycles. The van der Waals surface area contributed by atoms with Gasteiger partial charge in [0.25, 0.3) is 5.92 Å². The molecule has 1 aromatic carbocycles. The fraction of sp³-hybridized carbons (Fsp3) is 0.200. The number of nitrogens with zero attached hydrogens (tertiary/aromatic N) is 3. The van der Waals surface area contributed by atoms with Gasteiger partial charge in [0.1, 0.15) is 12.0 Å². The number of hydrazine groups is 2. The molecular formula is C15H17BrF2N5PS. The summed E-state index contributed by atoms with van der Waals surface area (Å²) in [6, 6.07) is 11.6. The third-order valence-electron chi connectivity index (χ3n) is 3.54. The number of thiol groups is 1. The highest BCUT2D eigenvalue weighted by Crippen LogP contribution is 2.41. The standard InChI is InChI=1S/C15H14BrF2N5.H3PS/c16-12-6-7-14(19-8-12)15(17,18)13(9-23-10-20-21-22-23)11-4-2-1-3-5-11;1-2/h1-8,10,13,21-22H,9H2;2H,1H2. The van der Waals surface area contributed by atoms with Crippen molar-refractivity contribution in [3.8, 4) is 0 Å². The number of rotatable bonds is 5. The lowest BCUT2D eigenvalue weighted by atomic mass is 9.90. The number of hydrogen-bond acceptors (Lipinski definition) is 6. The molecule has 0 bridgehead atoms. The van der Waals surface area contributed by atoms with Crippen LogP contribution in [0, 0.1) is 0 Å². The molecule has 0 fully saturated rings. The molecule has 0 aliphatic carbocycles. The SMILES string of the molecule is FC(F)(c1ccc(Br)cn1)C(CN1C=NNN1)c1ccccc1.PS. The van der Waals surface area contributed by atoms with Crippen molar-refractivity contribution in [3.63, 3.8) is 0 Å². The molecule has 2 aromatic rings. The van der Waals surface area contributed by atoms with Crippen molar-refractivity contribution >= 4 is 43.0 Å². The predicted molar refractivity (Wildman–Crippen MR) is 105 cm³/mol. The van der Waals surface area contributed by atoms with Gasteiger partial charge in [-0.3, -0.25) is 9.99 Å².